The van der Waals surface area contributed by atoms with Gasteiger partial charge in [0.25, 0.3) is 0 Å². The second-order valence-electron chi connectivity index (χ2n) is 4.00. The van der Waals surface area contributed by atoms with Gasteiger partial charge in [-0.2, -0.15) is 0 Å². The van der Waals surface area contributed by atoms with E-state index in [1.54, 1.807) is 6.92 Å². The summed E-state index contributed by atoms with van der Waals surface area (Å²) in [6.07, 6.45) is 0.902. The molecule has 0 aliphatic rings. The molecule has 4 nitrogen and oxygen atoms in total. The SMILES string of the molecule is CCOC(=O)c1sc2nc(C)c(CC)cc2c1N. The first-order chi connectivity index (χ1) is 8.58. The lowest BCUT2D eigenvalue weighted by Gasteiger charge is -2.02. The minimum atomic E-state index is -0.367. The van der Waals surface area contributed by atoms with Crippen LogP contribution < -0.4 is 5.73 Å². The number of anilines is 1. The number of nitrogen functional groups attached to an aromatic ring is 1. The molecule has 0 unspecified atom stereocenters. The van der Waals surface area contributed by atoms with Crippen LogP contribution in [0.3, 0.4) is 0 Å². The maximum Gasteiger partial charge on any atom is 0.350 e. The molecular formula is C13H16N2O2S. The van der Waals surface area contributed by atoms with Crippen LogP contribution in [0.25, 0.3) is 10.2 Å². The molecule has 2 aromatic heterocycles. The normalized spacial score (nSPS) is 10.8. The molecule has 2 heterocycles. The Morgan fingerprint density at radius 1 is 1.50 bits per heavy atom. The van der Waals surface area contributed by atoms with E-state index in [4.69, 9.17) is 10.5 Å². The van der Waals surface area contributed by atoms with Crippen molar-refractivity contribution in [1.82, 2.24) is 4.98 Å². The molecule has 96 valence electrons. The highest BCUT2D eigenvalue weighted by Gasteiger charge is 2.18. The van der Waals surface area contributed by atoms with Crippen molar-refractivity contribution in [2.75, 3.05) is 12.3 Å². The number of carbonyl (C=O) groups is 1. The molecule has 2 rings (SSSR count). The van der Waals surface area contributed by atoms with Gasteiger partial charge in [0.2, 0.25) is 0 Å². The van der Waals surface area contributed by atoms with E-state index in [9.17, 15) is 4.79 Å². The zero-order valence-electron chi connectivity index (χ0n) is 10.7. The molecule has 0 aliphatic heterocycles. The number of hydrogen-bond donors (Lipinski definition) is 1. The standard InChI is InChI=1S/C13H16N2O2S/c1-4-8-6-9-10(14)11(13(16)17-5-2)18-12(9)15-7(8)3/h6H,4-5,14H2,1-3H3. The van der Waals surface area contributed by atoms with Crippen molar-refractivity contribution in [2.45, 2.75) is 27.2 Å². The van der Waals surface area contributed by atoms with Gasteiger partial charge in [-0.15, -0.1) is 11.3 Å². The smallest absolute Gasteiger partial charge is 0.350 e. The van der Waals surface area contributed by atoms with E-state index in [2.05, 4.69) is 11.9 Å². The van der Waals surface area contributed by atoms with E-state index in [1.165, 1.54) is 11.3 Å². The van der Waals surface area contributed by atoms with Gasteiger partial charge in [0.1, 0.15) is 9.71 Å². The summed E-state index contributed by atoms with van der Waals surface area (Å²) in [4.78, 5) is 17.5. The summed E-state index contributed by atoms with van der Waals surface area (Å²) in [7, 11) is 0. The third-order valence-electron chi connectivity index (χ3n) is 2.86. The number of esters is 1. The van der Waals surface area contributed by atoms with Crippen LogP contribution in [0.1, 0.15) is 34.8 Å². The summed E-state index contributed by atoms with van der Waals surface area (Å²) in [5, 5.41) is 0.852. The first-order valence-electron chi connectivity index (χ1n) is 5.94. The summed E-state index contributed by atoms with van der Waals surface area (Å²) in [6.45, 7) is 6.17. The molecule has 2 aromatic rings. The Bertz CT molecular complexity index is 605. The van der Waals surface area contributed by atoms with Crippen LogP contribution in [-0.2, 0) is 11.2 Å². The second-order valence-corrected chi connectivity index (χ2v) is 5.00. The highest BCUT2D eigenvalue weighted by Crippen LogP contribution is 2.34. The van der Waals surface area contributed by atoms with E-state index in [0.717, 1.165) is 27.9 Å². The molecule has 0 amide bonds. The molecule has 0 spiro atoms. The topological polar surface area (TPSA) is 65.2 Å². The number of pyridine rings is 1. The Morgan fingerprint density at radius 2 is 2.22 bits per heavy atom. The van der Waals surface area contributed by atoms with Crippen LogP contribution in [0.5, 0.6) is 0 Å². The van der Waals surface area contributed by atoms with Gasteiger partial charge in [-0.25, -0.2) is 9.78 Å². The molecule has 5 heteroatoms. The Kier molecular flexibility index (Phi) is 3.52. The molecule has 0 bridgehead atoms. The molecular weight excluding hydrogens is 248 g/mol. The molecule has 0 aromatic carbocycles. The fourth-order valence-corrected chi connectivity index (χ4v) is 2.89. The Morgan fingerprint density at radius 3 is 2.83 bits per heavy atom. The number of ether oxygens (including phenoxy) is 1. The number of thiophene rings is 1. The van der Waals surface area contributed by atoms with Crippen molar-refractivity contribution in [3.63, 3.8) is 0 Å². The molecule has 2 N–H and O–H groups in total. The zero-order valence-corrected chi connectivity index (χ0v) is 11.6. The largest absolute Gasteiger partial charge is 0.462 e. The van der Waals surface area contributed by atoms with Crippen molar-refractivity contribution in [1.29, 1.82) is 0 Å². The third-order valence-corrected chi connectivity index (χ3v) is 3.95. The number of nitrogens with two attached hydrogens (primary N) is 1. The zero-order chi connectivity index (χ0) is 13.3. The maximum atomic E-state index is 11.8. The van der Waals surface area contributed by atoms with Gasteiger partial charge in [0.05, 0.1) is 12.3 Å². The Hall–Kier alpha value is -1.62. The van der Waals surface area contributed by atoms with Gasteiger partial charge in [-0.3, -0.25) is 0 Å². The molecule has 0 atom stereocenters. The summed E-state index contributed by atoms with van der Waals surface area (Å²) < 4.78 is 4.99. The third kappa shape index (κ3) is 2.06. The maximum absolute atomic E-state index is 11.8. The lowest BCUT2D eigenvalue weighted by atomic mass is 10.1. The van der Waals surface area contributed by atoms with Gasteiger partial charge >= 0.3 is 5.97 Å². The summed E-state index contributed by atoms with van der Waals surface area (Å²) in [5.41, 5.74) is 8.64. The Labute approximate surface area is 110 Å². The predicted molar refractivity (Wildman–Crippen MR) is 74.1 cm³/mol. The molecule has 0 saturated carbocycles. The number of nitrogens with zero attached hydrogens (tertiary/aromatic N) is 1. The molecule has 0 aliphatic carbocycles. The second kappa shape index (κ2) is 4.94. The highest BCUT2D eigenvalue weighted by molar-refractivity contribution is 7.21. The van der Waals surface area contributed by atoms with Crippen molar-refractivity contribution >= 4 is 33.2 Å². The van der Waals surface area contributed by atoms with E-state index in [1.807, 2.05) is 13.0 Å². The van der Waals surface area contributed by atoms with Crippen LogP contribution in [0, 0.1) is 6.92 Å². The highest BCUT2D eigenvalue weighted by atomic mass is 32.1. The van der Waals surface area contributed by atoms with E-state index in [0.29, 0.717) is 17.2 Å². The number of aryl methyl sites for hydroxylation is 2. The predicted octanol–water partition coefficient (Wildman–Crippen LogP) is 2.93. The van der Waals surface area contributed by atoms with Gasteiger partial charge in [-0.05, 0) is 31.9 Å². The quantitative estimate of drug-likeness (QED) is 0.866. The monoisotopic (exact) mass is 264 g/mol. The van der Waals surface area contributed by atoms with Crippen molar-refractivity contribution in [3.8, 4) is 0 Å². The fourth-order valence-electron chi connectivity index (χ4n) is 1.88. The molecule has 0 saturated heterocycles. The summed E-state index contributed by atoms with van der Waals surface area (Å²) in [5.74, 6) is -0.367. The van der Waals surface area contributed by atoms with E-state index < -0.39 is 0 Å². The average Bonchev–Trinajstić information content (AvgIpc) is 2.65. The first kappa shape index (κ1) is 12.8. The van der Waals surface area contributed by atoms with Gasteiger partial charge < -0.3 is 10.5 Å². The molecule has 0 radical (unpaired) electrons. The van der Waals surface area contributed by atoms with Crippen molar-refractivity contribution < 1.29 is 9.53 Å². The van der Waals surface area contributed by atoms with Crippen molar-refractivity contribution in [2.24, 2.45) is 0 Å². The van der Waals surface area contributed by atoms with E-state index >= 15 is 0 Å². The van der Waals surface area contributed by atoms with Crippen LogP contribution in [0.2, 0.25) is 0 Å². The lowest BCUT2D eigenvalue weighted by molar-refractivity contribution is 0.0533. The number of aromatic nitrogens is 1. The Balaban J connectivity index is 2.59. The minimum absolute atomic E-state index is 0.346. The van der Waals surface area contributed by atoms with E-state index in [-0.39, 0.29) is 5.97 Å². The average molecular weight is 264 g/mol. The number of rotatable bonds is 3. The number of carbonyl (C=O) groups excluding carboxylic acids is 1. The molecule has 18 heavy (non-hydrogen) atoms. The van der Waals surface area contributed by atoms with Crippen LogP contribution in [-0.4, -0.2) is 17.6 Å². The van der Waals surface area contributed by atoms with Crippen LogP contribution >= 0.6 is 11.3 Å². The fraction of sp³-hybridized carbons (Fsp3) is 0.385. The molecule has 0 fully saturated rings. The van der Waals surface area contributed by atoms with Gasteiger partial charge in [0, 0.05) is 11.1 Å². The van der Waals surface area contributed by atoms with Crippen LogP contribution in [0.15, 0.2) is 6.07 Å². The first-order valence-corrected chi connectivity index (χ1v) is 6.75. The van der Waals surface area contributed by atoms with Crippen molar-refractivity contribution in [3.05, 3.63) is 22.2 Å². The lowest BCUT2D eigenvalue weighted by Crippen LogP contribution is -2.04. The minimum Gasteiger partial charge on any atom is -0.462 e. The number of hydrogen-bond acceptors (Lipinski definition) is 5. The summed E-state index contributed by atoms with van der Waals surface area (Å²) >= 11 is 1.29. The number of fused-ring (bicyclic) bond motifs is 1. The van der Waals surface area contributed by atoms with Gasteiger partial charge in [0.15, 0.2) is 0 Å². The van der Waals surface area contributed by atoms with Crippen LogP contribution in [0.4, 0.5) is 5.69 Å². The summed E-state index contributed by atoms with van der Waals surface area (Å²) in [6, 6.07) is 2.02. The van der Waals surface area contributed by atoms with Gasteiger partial charge in [-0.1, -0.05) is 6.92 Å².